The van der Waals surface area contributed by atoms with E-state index in [1.165, 1.54) is 41.3 Å². The van der Waals surface area contributed by atoms with Gasteiger partial charge < -0.3 is 0 Å². The minimum absolute atomic E-state index is 0.153. The van der Waals surface area contributed by atoms with Gasteiger partial charge in [-0.05, 0) is 67.8 Å². The molecule has 2 heterocycles. The Balaban J connectivity index is 1.47. The summed E-state index contributed by atoms with van der Waals surface area (Å²) in [5, 5.41) is 0. The van der Waals surface area contributed by atoms with Crippen molar-refractivity contribution in [3.05, 3.63) is 99.1 Å². The summed E-state index contributed by atoms with van der Waals surface area (Å²) in [7, 11) is 0. The number of carbonyl (C=O) groups excluding carboxylic acids is 5. The Morgan fingerprint density at radius 1 is 0.657 bits per heavy atom. The van der Waals surface area contributed by atoms with Crippen LogP contribution in [-0.2, 0) is 0 Å². The second-order valence-corrected chi connectivity index (χ2v) is 8.83. The van der Waals surface area contributed by atoms with E-state index in [9.17, 15) is 24.0 Å². The average Bonchev–Trinajstić information content (AvgIpc) is 3.25. The van der Waals surface area contributed by atoms with E-state index in [4.69, 9.17) is 0 Å². The monoisotopic (exact) mass is 466 g/mol. The maximum atomic E-state index is 13.2. The Morgan fingerprint density at radius 2 is 1.20 bits per heavy atom. The zero-order valence-corrected chi connectivity index (χ0v) is 19.5. The summed E-state index contributed by atoms with van der Waals surface area (Å²) in [5.41, 5.74) is 3.78. The topological polar surface area (TPSA) is 91.8 Å². The molecule has 0 unspecified atom stereocenters. The van der Waals surface area contributed by atoms with Gasteiger partial charge in [0.15, 0.2) is 5.78 Å². The maximum absolute atomic E-state index is 13.2. The van der Waals surface area contributed by atoms with Crippen LogP contribution in [0, 0.1) is 13.8 Å². The zero-order valence-electron chi connectivity index (χ0n) is 19.5. The molecular formula is C28H22N2O5. The van der Waals surface area contributed by atoms with Gasteiger partial charge in [0.2, 0.25) is 0 Å². The number of nitrogens with zero attached hydrogens (tertiary/aromatic N) is 2. The molecule has 4 amide bonds. The van der Waals surface area contributed by atoms with Crippen molar-refractivity contribution in [2.75, 3.05) is 11.4 Å². The number of imide groups is 2. The van der Waals surface area contributed by atoms with Crippen LogP contribution in [0.25, 0.3) is 0 Å². The van der Waals surface area contributed by atoms with Gasteiger partial charge in [-0.3, -0.25) is 28.9 Å². The van der Waals surface area contributed by atoms with Crippen molar-refractivity contribution in [2.24, 2.45) is 0 Å². The molecule has 0 aliphatic carbocycles. The van der Waals surface area contributed by atoms with Crippen molar-refractivity contribution < 1.29 is 24.0 Å². The number of ketones is 1. The summed E-state index contributed by atoms with van der Waals surface area (Å²) < 4.78 is 0. The molecule has 174 valence electrons. The second-order valence-electron chi connectivity index (χ2n) is 8.83. The number of hydrogen-bond donors (Lipinski definition) is 0. The fourth-order valence-electron chi connectivity index (χ4n) is 4.51. The lowest BCUT2D eigenvalue weighted by atomic mass is 9.96. The predicted octanol–water partition coefficient (Wildman–Crippen LogP) is 4.34. The lowest BCUT2D eigenvalue weighted by Crippen LogP contribution is -2.30. The molecule has 0 radical (unpaired) electrons. The van der Waals surface area contributed by atoms with Crippen LogP contribution in [0.4, 0.5) is 5.69 Å². The van der Waals surface area contributed by atoms with Crippen molar-refractivity contribution in [1.82, 2.24) is 4.90 Å². The highest BCUT2D eigenvalue weighted by Crippen LogP contribution is 2.31. The Hall–Kier alpha value is -4.39. The first-order chi connectivity index (χ1) is 16.7. The van der Waals surface area contributed by atoms with E-state index >= 15 is 0 Å². The van der Waals surface area contributed by atoms with Crippen LogP contribution >= 0.6 is 0 Å². The van der Waals surface area contributed by atoms with E-state index in [2.05, 4.69) is 0 Å². The van der Waals surface area contributed by atoms with Crippen molar-refractivity contribution in [3.63, 3.8) is 0 Å². The van der Waals surface area contributed by atoms with Gasteiger partial charge >= 0.3 is 0 Å². The van der Waals surface area contributed by atoms with Crippen LogP contribution in [0.5, 0.6) is 0 Å². The summed E-state index contributed by atoms with van der Waals surface area (Å²) in [6, 6.07) is 14.2. The molecule has 5 rings (SSSR count). The van der Waals surface area contributed by atoms with Gasteiger partial charge in [0.25, 0.3) is 23.6 Å². The smallest absolute Gasteiger partial charge is 0.266 e. The molecule has 0 aromatic heterocycles. The van der Waals surface area contributed by atoms with Crippen LogP contribution in [0.1, 0.15) is 81.8 Å². The Labute approximate surface area is 202 Å². The number of amides is 4. The molecule has 7 nitrogen and oxygen atoms in total. The first kappa shape index (κ1) is 22.4. The molecule has 0 fully saturated rings. The molecule has 0 N–H and O–H groups in total. The van der Waals surface area contributed by atoms with Gasteiger partial charge in [-0.1, -0.05) is 25.1 Å². The van der Waals surface area contributed by atoms with Crippen LogP contribution in [-0.4, -0.2) is 40.9 Å². The minimum Gasteiger partial charge on any atom is -0.289 e. The number of rotatable bonds is 5. The first-order valence-corrected chi connectivity index (χ1v) is 11.4. The molecule has 0 spiro atoms. The zero-order chi connectivity index (χ0) is 25.0. The van der Waals surface area contributed by atoms with Gasteiger partial charge in [-0.15, -0.1) is 0 Å². The minimum atomic E-state index is -0.493. The summed E-state index contributed by atoms with van der Waals surface area (Å²) in [6.45, 7) is 6.04. The van der Waals surface area contributed by atoms with E-state index < -0.39 is 23.5 Å². The summed E-state index contributed by atoms with van der Waals surface area (Å²) in [4.78, 5) is 66.8. The van der Waals surface area contributed by atoms with Crippen LogP contribution in [0.3, 0.4) is 0 Å². The number of aryl methyl sites for hydroxylation is 2. The van der Waals surface area contributed by atoms with Crippen LogP contribution in [0.15, 0.2) is 54.6 Å². The Morgan fingerprint density at radius 3 is 1.80 bits per heavy atom. The van der Waals surface area contributed by atoms with E-state index in [0.717, 1.165) is 16.0 Å². The van der Waals surface area contributed by atoms with E-state index in [-0.39, 0.29) is 39.3 Å². The molecule has 3 aromatic carbocycles. The van der Waals surface area contributed by atoms with Gasteiger partial charge in [0.1, 0.15) is 0 Å². The van der Waals surface area contributed by atoms with Crippen molar-refractivity contribution >= 4 is 35.1 Å². The van der Waals surface area contributed by atoms with Gasteiger partial charge in [-0.2, -0.15) is 0 Å². The molecule has 0 saturated carbocycles. The molecule has 2 aliphatic heterocycles. The highest BCUT2D eigenvalue weighted by atomic mass is 16.2. The number of benzene rings is 3. The summed E-state index contributed by atoms with van der Waals surface area (Å²) >= 11 is 0. The third-order valence-electron chi connectivity index (χ3n) is 6.58. The maximum Gasteiger partial charge on any atom is 0.266 e. The molecule has 0 saturated heterocycles. The molecule has 2 aliphatic rings. The third kappa shape index (κ3) is 3.39. The van der Waals surface area contributed by atoms with Crippen molar-refractivity contribution in [2.45, 2.75) is 27.2 Å². The highest BCUT2D eigenvalue weighted by molar-refractivity contribution is 6.35. The third-order valence-corrected chi connectivity index (χ3v) is 6.58. The molecule has 7 heteroatoms. The normalized spacial score (nSPS) is 14.6. The second kappa shape index (κ2) is 8.13. The fraction of sp³-hybridized carbons (Fsp3) is 0.179. The van der Waals surface area contributed by atoms with Crippen molar-refractivity contribution in [3.8, 4) is 0 Å². The molecule has 0 bridgehead atoms. The van der Waals surface area contributed by atoms with E-state index in [1.807, 2.05) is 26.8 Å². The lowest BCUT2D eigenvalue weighted by molar-refractivity contribution is 0.0653. The van der Waals surface area contributed by atoms with Crippen LogP contribution < -0.4 is 4.90 Å². The largest absolute Gasteiger partial charge is 0.289 e. The highest BCUT2D eigenvalue weighted by Gasteiger charge is 2.38. The predicted molar refractivity (Wildman–Crippen MR) is 129 cm³/mol. The molecule has 0 atom stereocenters. The van der Waals surface area contributed by atoms with Crippen LogP contribution in [0.2, 0.25) is 0 Å². The SMILES string of the molecule is CCCN1C(=O)c2ccc(C(=O)c3ccc4c(c3)C(=O)N(c3ccc(C)c(C)c3)C4=O)cc2C1=O. The Kier molecular flexibility index (Phi) is 5.20. The standard InChI is InChI=1S/C28H22N2O5/c1-4-11-29-25(32)20-9-6-17(13-22(20)26(29)33)24(31)18-7-10-21-23(14-18)28(35)30(27(21)34)19-8-5-15(2)16(3)12-19/h5-10,12-14H,4,11H2,1-3H3. The Bertz CT molecular complexity index is 1490. The molecule has 3 aromatic rings. The fourth-order valence-corrected chi connectivity index (χ4v) is 4.51. The van der Waals surface area contributed by atoms with E-state index in [0.29, 0.717) is 18.7 Å². The van der Waals surface area contributed by atoms with E-state index in [1.54, 1.807) is 12.1 Å². The summed E-state index contributed by atoms with van der Waals surface area (Å²) in [6.07, 6.45) is 0.637. The average molecular weight is 466 g/mol. The molecular weight excluding hydrogens is 444 g/mol. The molecule has 35 heavy (non-hydrogen) atoms. The van der Waals surface area contributed by atoms with Gasteiger partial charge in [0, 0.05) is 17.7 Å². The number of fused-ring (bicyclic) bond motifs is 2. The lowest BCUT2D eigenvalue weighted by Gasteiger charge is -2.15. The first-order valence-electron chi connectivity index (χ1n) is 11.4. The summed E-state index contributed by atoms with van der Waals surface area (Å²) in [5.74, 6) is -2.12. The van der Waals surface area contributed by atoms with Gasteiger partial charge in [-0.25, -0.2) is 4.90 Å². The number of anilines is 1. The number of hydrogen-bond acceptors (Lipinski definition) is 5. The quantitative estimate of drug-likeness (QED) is 0.412. The number of carbonyl (C=O) groups is 5. The van der Waals surface area contributed by atoms with Gasteiger partial charge in [0.05, 0.1) is 27.9 Å². The van der Waals surface area contributed by atoms with Crippen molar-refractivity contribution in [1.29, 1.82) is 0 Å².